The Labute approximate surface area is 140 Å². The number of hydrogen-bond donors (Lipinski definition) is 0. The number of hydrogen-bond acceptors (Lipinski definition) is 4. The third kappa shape index (κ3) is 4.43. The molecule has 0 aromatic heterocycles. The van der Waals surface area contributed by atoms with E-state index in [0.29, 0.717) is 5.56 Å². The van der Waals surface area contributed by atoms with Crippen molar-refractivity contribution in [1.82, 2.24) is 0 Å². The van der Waals surface area contributed by atoms with Crippen LogP contribution in [0.4, 0.5) is 0 Å². The van der Waals surface area contributed by atoms with Crippen LogP contribution < -0.4 is 0 Å². The zero-order valence-corrected chi connectivity index (χ0v) is 13.2. The number of rotatable bonds is 6. The van der Waals surface area contributed by atoms with E-state index in [1.54, 1.807) is 30.3 Å². The van der Waals surface area contributed by atoms with Crippen LogP contribution in [-0.4, -0.2) is 25.2 Å². The smallest absolute Gasteiger partial charge is 0.396 e. The highest BCUT2D eigenvalue weighted by Gasteiger charge is 2.33. The van der Waals surface area contributed by atoms with Crippen LogP contribution in [-0.2, 0) is 25.5 Å². The Balaban J connectivity index is 2.15. The first-order valence-electron chi connectivity index (χ1n) is 7.39. The molecule has 0 aliphatic carbocycles. The van der Waals surface area contributed by atoms with Crippen molar-refractivity contribution < 1.29 is 19.1 Å². The van der Waals surface area contributed by atoms with Gasteiger partial charge in [-0.3, -0.25) is 4.85 Å². The van der Waals surface area contributed by atoms with Crippen LogP contribution in [0.2, 0.25) is 0 Å². The Bertz CT molecular complexity index is 722. The maximum atomic E-state index is 12.4. The van der Waals surface area contributed by atoms with E-state index in [4.69, 9.17) is 16.0 Å². The Morgan fingerprint density at radius 3 is 2.12 bits per heavy atom. The van der Waals surface area contributed by atoms with E-state index in [9.17, 15) is 9.59 Å². The monoisotopic (exact) mass is 323 g/mol. The molecule has 2 aromatic rings. The lowest BCUT2D eigenvalue weighted by atomic mass is 10.1. The lowest BCUT2D eigenvalue weighted by molar-refractivity contribution is -0.166. The molecule has 5 nitrogen and oxygen atoms in total. The van der Waals surface area contributed by atoms with Crippen LogP contribution in [0.5, 0.6) is 0 Å². The van der Waals surface area contributed by atoms with Gasteiger partial charge in [0.15, 0.2) is 0 Å². The van der Waals surface area contributed by atoms with Crippen molar-refractivity contribution in [3.63, 3.8) is 0 Å². The molecule has 0 fully saturated rings. The molecule has 24 heavy (non-hydrogen) atoms. The van der Waals surface area contributed by atoms with Crippen LogP contribution in [0, 0.1) is 6.57 Å². The van der Waals surface area contributed by atoms with Gasteiger partial charge in [-0.15, -0.1) is 0 Å². The third-order valence-corrected chi connectivity index (χ3v) is 3.45. The first-order valence-corrected chi connectivity index (χ1v) is 7.39. The minimum atomic E-state index is -1.10. The van der Waals surface area contributed by atoms with E-state index in [0.717, 1.165) is 5.56 Å². The highest BCUT2D eigenvalue weighted by molar-refractivity contribution is 5.84. The number of carbonyl (C=O) groups excluding carboxylic acids is 2. The van der Waals surface area contributed by atoms with E-state index in [1.807, 2.05) is 30.3 Å². The molecule has 0 saturated heterocycles. The molecule has 0 bridgehead atoms. The summed E-state index contributed by atoms with van der Waals surface area (Å²) in [4.78, 5) is 27.6. The van der Waals surface area contributed by atoms with Crippen LogP contribution in [0.1, 0.15) is 17.2 Å². The summed E-state index contributed by atoms with van der Waals surface area (Å²) in [6, 6.07) is 16.7. The summed E-state index contributed by atoms with van der Waals surface area (Å²) in [6.45, 7) is 7.25. The maximum Gasteiger partial charge on any atom is 0.396 e. The van der Waals surface area contributed by atoms with Crippen LogP contribution in [0.25, 0.3) is 4.85 Å². The number of methoxy groups -OCH3 is 1. The van der Waals surface area contributed by atoms with Crippen LogP contribution in [0.3, 0.4) is 0 Å². The number of ether oxygens (including phenoxy) is 2. The molecule has 0 aliphatic rings. The second-order valence-corrected chi connectivity index (χ2v) is 5.08. The van der Waals surface area contributed by atoms with Crippen molar-refractivity contribution in [3.8, 4) is 0 Å². The average Bonchev–Trinajstić information content (AvgIpc) is 2.63. The van der Waals surface area contributed by atoms with Crippen molar-refractivity contribution in [2.24, 2.45) is 0 Å². The molecule has 0 saturated carbocycles. The van der Waals surface area contributed by atoms with Gasteiger partial charge < -0.3 is 9.47 Å². The molecular weight excluding hydrogens is 306 g/mol. The van der Waals surface area contributed by atoms with Crippen molar-refractivity contribution in [2.45, 2.75) is 18.6 Å². The molecule has 0 amide bonds. The van der Waals surface area contributed by atoms with Gasteiger partial charge in [0.05, 0.1) is 7.11 Å². The van der Waals surface area contributed by atoms with Crippen LogP contribution in [0.15, 0.2) is 60.7 Å². The van der Waals surface area contributed by atoms with Crippen molar-refractivity contribution in [2.75, 3.05) is 7.11 Å². The fourth-order valence-electron chi connectivity index (χ4n) is 2.24. The first kappa shape index (κ1) is 17.2. The first-order chi connectivity index (χ1) is 11.7. The van der Waals surface area contributed by atoms with Crippen molar-refractivity contribution >= 4 is 11.9 Å². The summed E-state index contributed by atoms with van der Waals surface area (Å²) in [5.74, 6) is -1.41. The summed E-state index contributed by atoms with van der Waals surface area (Å²) >= 11 is 0. The summed E-state index contributed by atoms with van der Waals surface area (Å²) in [6.07, 6.45) is -0.892. The number of esters is 2. The molecule has 0 N–H and O–H groups in total. The molecule has 2 rings (SSSR count). The Morgan fingerprint density at radius 2 is 1.58 bits per heavy atom. The molecule has 0 heterocycles. The van der Waals surface area contributed by atoms with Gasteiger partial charge >= 0.3 is 18.0 Å². The van der Waals surface area contributed by atoms with E-state index in [1.165, 1.54) is 7.11 Å². The zero-order valence-electron chi connectivity index (χ0n) is 13.2. The van der Waals surface area contributed by atoms with Gasteiger partial charge in [0.25, 0.3) is 0 Å². The van der Waals surface area contributed by atoms with E-state index in [2.05, 4.69) is 4.85 Å². The second-order valence-electron chi connectivity index (χ2n) is 5.08. The number of benzene rings is 2. The summed E-state index contributed by atoms with van der Waals surface area (Å²) in [7, 11) is 1.23. The van der Waals surface area contributed by atoms with Gasteiger partial charge in [0.1, 0.15) is 0 Å². The maximum absolute atomic E-state index is 12.4. The summed E-state index contributed by atoms with van der Waals surface area (Å²) in [5, 5.41) is 0. The molecule has 2 atom stereocenters. The second kappa shape index (κ2) is 8.49. The van der Waals surface area contributed by atoms with Gasteiger partial charge in [0, 0.05) is 12.0 Å². The van der Waals surface area contributed by atoms with Crippen molar-refractivity contribution in [3.05, 3.63) is 83.2 Å². The van der Waals surface area contributed by atoms with E-state index < -0.39 is 24.1 Å². The molecule has 2 unspecified atom stereocenters. The molecule has 2 aromatic carbocycles. The van der Waals surface area contributed by atoms with Gasteiger partial charge in [-0.05, 0) is 5.56 Å². The van der Waals surface area contributed by atoms with E-state index in [-0.39, 0.29) is 6.42 Å². The Kier molecular flexibility index (Phi) is 6.09. The highest BCUT2D eigenvalue weighted by Crippen LogP contribution is 2.20. The minimum absolute atomic E-state index is 0.193. The Hall–Kier alpha value is -3.13. The lowest BCUT2D eigenvalue weighted by Crippen LogP contribution is -2.32. The molecule has 5 heteroatoms. The Morgan fingerprint density at radius 1 is 1.00 bits per heavy atom. The highest BCUT2D eigenvalue weighted by atomic mass is 16.6. The third-order valence-electron chi connectivity index (χ3n) is 3.45. The van der Waals surface area contributed by atoms with Gasteiger partial charge in [-0.2, -0.15) is 0 Å². The summed E-state index contributed by atoms with van der Waals surface area (Å²) < 4.78 is 10.00. The topological polar surface area (TPSA) is 57.0 Å². The largest absolute Gasteiger partial charge is 0.466 e. The van der Waals surface area contributed by atoms with Crippen molar-refractivity contribution in [1.29, 1.82) is 0 Å². The lowest BCUT2D eigenvalue weighted by Gasteiger charge is -2.16. The predicted molar refractivity (Wildman–Crippen MR) is 87.8 cm³/mol. The van der Waals surface area contributed by atoms with Gasteiger partial charge in [-0.25, -0.2) is 16.2 Å². The minimum Gasteiger partial charge on any atom is -0.466 e. The summed E-state index contributed by atoms with van der Waals surface area (Å²) in [5.41, 5.74) is 1.36. The number of carbonyl (C=O) groups is 2. The van der Waals surface area contributed by atoms with Gasteiger partial charge in [0.2, 0.25) is 6.10 Å². The SMILES string of the molecule is [C-]#[N+]C(C(=O)OC(Cc1ccccc1)C(=O)OC)c1ccccc1. The quantitative estimate of drug-likeness (QED) is 0.606. The normalized spacial score (nSPS) is 12.5. The number of nitrogens with zero attached hydrogens (tertiary/aromatic N) is 1. The molecule has 0 radical (unpaired) electrons. The van der Waals surface area contributed by atoms with Gasteiger partial charge in [-0.1, -0.05) is 60.7 Å². The molecule has 0 aliphatic heterocycles. The zero-order chi connectivity index (χ0) is 17.4. The molecular formula is C19H17NO4. The fraction of sp³-hybridized carbons (Fsp3) is 0.211. The predicted octanol–water partition coefficient (Wildman–Crippen LogP) is 2.97. The molecule has 0 spiro atoms. The standard InChI is InChI=1S/C19H17NO4/c1-20-17(15-11-7-4-8-12-15)19(22)24-16(18(21)23-2)13-14-9-5-3-6-10-14/h3-12,16-17H,13H2,2H3. The molecule has 122 valence electrons. The van der Waals surface area contributed by atoms with E-state index >= 15 is 0 Å². The fourth-order valence-corrected chi connectivity index (χ4v) is 2.24. The average molecular weight is 323 g/mol. The van der Waals surface area contributed by atoms with Crippen LogP contribution >= 0.6 is 0 Å².